The van der Waals surface area contributed by atoms with Crippen molar-refractivity contribution in [3.63, 3.8) is 0 Å². The molecule has 1 aliphatic rings. The number of rotatable bonds is 3. The lowest BCUT2D eigenvalue weighted by atomic mass is 10.0. The van der Waals surface area contributed by atoms with Gasteiger partial charge in [0.05, 0.1) is 19.7 Å². The topological polar surface area (TPSA) is 26.5 Å². The van der Waals surface area contributed by atoms with E-state index in [1.54, 1.807) is 0 Å². The fourth-order valence-electron chi connectivity index (χ4n) is 2.85. The predicted molar refractivity (Wildman–Crippen MR) is 75.8 cm³/mol. The molecule has 1 aromatic rings. The van der Waals surface area contributed by atoms with E-state index in [2.05, 4.69) is 48.7 Å². The van der Waals surface area contributed by atoms with Crippen LogP contribution in [0.5, 0.6) is 0 Å². The van der Waals surface area contributed by atoms with Crippen molar-refractivity contribution in [2.75, 3.05) is 31.1 Å². The lowest BCUT2D eigenvalue weighted by molar-refractivity contribution is -0.529. The standard InChI is InChI=1S/C15H23N2O/c1-12-9-13(2)15(14(3)10-12)17-6-4-5-16(11-17)7-8-18/h9-11,18H,4-8H2,1-3H3/q+1. The summed E-state index contributed by atoms with van der Waals surface area (Å²) in [6, 6.07) is 4.47. The number of anilines is 1. The van der Waals surface area contributed by atoms with E-state index in [4.69, 9.17) is 5.11 Å². The molecule has 0 atom stereocenters. The van der Waals surface area contributed by atoms with Gasteiger partial charge in [-0.1, -0.05) is 17.7 Å². The zero-order valence-electron chi connectivity index (χ0n) is 11.6. The van der Waals surface area contributed by atoms with E-state index in [1.807, 2.05) is 0 Å². The first-order valence-electron chi connectivity index (χ1n) is 6.66. The minimum Gasteiger partial charge on any atom is -0.392 e. The van der Waals surface area contributed by atoms with Crippen LogP contribution in [-0.2, 0) is 0 Å². The van der Waals surface area contributed by atoms with Gasteiger partial charge in [-0.15, -0.1) is 0 Å². The predicted octanol–water partition coefficient (Wildman–Crippen LogP) is 1.86. The van der Waals surface area contributed by atoms with Crippen molar-refractivity contribution < 1.29 is 9.68 Å². The average molecular weight is 247 g/mol. The zero-order valence-corrected chi connectivity index (χ0v) is 11.6. The smallest absolute Gasteiger partial charge is 0.239 e. The van der Waals surface area contributed by atoms with Gasteiger partial charge < -0.3 is 5.11 Å². The van der Waals surface area contributed by atoms with Crippen molar-refractivity contribution in [3.8, 4) is 0 Å². The molecule has 0 radical (unpaired) electrons. The van der Waals surface area contributed by atoms with Gasteiger partial charge in [0, 0.05) is 6.42 Å². The van der Waals surface area contributed by atoms with Crippen LogP contribution in [0.2, 0.25) is 0 Å². The Hall–Kier alpha value is -1.35. The summed E-state index contributed by atoms with van der Waals surface area (Å²) in [5.41, 5.74) is 5.30. The summed E-state index contributed by atoms with van der Waals surface area (Å²) in [7, 11) is 0. The third kappa shape index (κ3) is 2.72. The number of hydrogen-bond acceptors (Lipinski definition) is 2. The molecule has 1 aliphatic heterocycles. The first-order valence-corrected chi connectivity index (χ1v) is 6.66. The Bertz CT molecular complexity index is 443. The molecule has 18 heavy (non-hydrogen) atoms. The molecular formula is C15H23N2O+. The minimum absolute atomic E-state index is 0.218. The number of hydrogen-bond donors (Lipinski definition) is 1. The van der Waals surface area contributed by atoms with Crippen molar-refractivity contribution in [1.82, 2.24) is 0 Å². The van der Waals surface area contributed by atoms with Gasteiger partial charge in [-0.05, 0) is 31.9 Å². The summed E-state index contributed by atoms with van der Waals surface area (Å²) in [5, 5.41) is 9.04. The molecule has 0 saturated carbocycles. The van der Waals surface area contributed by atoms with E-state index in [0.717, 1.165) is 26.1 Å². The average Bonchev–Trinajstić information content (AvgIpc) is 2.28. The molecule has 0 aliphatic carbocycles. The van der Waals surface area contributed by atoms with Crippen molar-refractivity contribution in [1.29, 1.82) is 0 Å². The first-order chi connectivity index (χ1) is 8.61. The Morgan fingerprint density at radius 2 is 1.89 bits per heavy atom. The Balaban J connectivity index is 2.34. The molecule has 3 nitrogen and oxygen atoms in total. The monoisotopic (exact) mass is 247 g/mol. The quantitative estimate of drug-likeness (QED) is 0.825. The summed E-state index contributed by atoms with van der Waals surface area (Å²) in [6.07, 6.45) is 3.30. The van der Waals surface area contributed by atoms with Crippen LogP contribution in [0.3, 0.4) is 0 Å². The van der Waals surface area contributed by atoms with Gasteiger partial charge in [-0.3, -0.25) is 4.58 Å². The largest absolute Gasteiger partial charge is 0.392 e. The molecule has 98 valence electrons. The molecule has 0 amide bonds. The van der Waals surface area contributed by atoms with Crippen molar-refractivity contribution in [3.05, 3.63) is 28.8 Å². The van der Waals surface area contributed by atoms with Gasteiger partial charge >= 0.3 is 0 Å². The van der Waals surface area contributed by atoms with Gasteiger partial charge in [0.2, 0.25) is 6.34 Å². The molecule has 0 aromatic heterocycles. The van der Waals surface area contributed by atoms with E-state index in [9.17, 15) is 0 Å². The number of benzene rings is 1. The van der Waals surface area contributed by atoms with Gasteiger partial charge in [-0.2, -0.15) is 0 Å². The van der Waals surface area contributed by atoms with Crippen LogP contribution in [0.1, 0.15) is 23.1 Å². The van der Waals surface area contributed by atoms with Gasteiger partial charge in [0.25, 0.3) is 0 Å². The summed E-state index contributed by atoms with van der Waals surface area (Å²) in [4.78, 5) is 2.32. The van der Waals surface area contributed by atoms with Crippen molar-refractivity contribution >= 4 is 12.0 Å². The van der Waals surface area contributed by atoms with Crippen LogP contribution in [0.15, 0.2) is 12.1 Å². The maximum absolute atomic E-state index is 9.04. The molecule has 3 heteroatoms. The fraction of sp³-hybridized carbons (Fsp3) is 0.533. The number of β-amino-alcohol motifs (C(OH)–C–C–N with tert-alkyl or cyclic N) is 1. The van der Waals surface area contributed by atoms with Crippen LogP contribution < -0.4 is 4.90 Å². The number of nitrogens with zero attached hydrogens (tertiary/aromatic N) is 2. The highest BCUT2D eigenvalue weighted by atomic mass is 16.3. The Labute approximate surface area is 109 Å². The zero-order chi connectivity index (χ0) is 13.1. The van der Waals surface area contributed by atoms with Crippen LogP contribution >= 0.6 is 0 Å². The second-order valence-corrected chi connectivity index (χ2v) is 5.17. The molecule has 0 fully saturated rings. The summed E-state index contributed by atoms with van der Waals surface area (Å²) < 4.78 is 2.20. The van der Waals surface area contributed by atoms with Crippen molar-refractivity contribution in [2.45, 2.75) is 27.2 Å². The molecule has 0 spiro atoms. The summed E-state index contributed by atoms with van der Waals surface area (Å²) in [5.74, 6) is 0. The van der Waals surface area contributed by atoms with E-state index in [-0.39, 0.29) is 6.61 Å². The first kappa shape index (κ1) is 13.1. The van der Waals surface area contributed by atoms with E-state index in [0.29, 0.717) is 0 Å². The van der Waals surface area contributed by atoms with E-state index >= 15 is 0 Å². The summed E-state index contributed by atoms with van der Waals surface area (Å²) in [6.45, 7) is 9.54. The van der Waals surface area contributed by atoms with Gasteiger partial charge in [0.1, 0.15) is 12.2 Å². The second-order valence-electron chi connectivity index (χ2n) is 5.17. The van der Waals surface area contributed by atoms with Gasteiger partial charge in [0.15, 0.2) is 0 Å². The number of aryl methyl sites for hydroxylation is 3. The van der Waals surface area contributed by atoms with Crippen LogP contribution in [0.4, 0.5) is 5.69 Å². The molecule has 1 heterocycles. The third-order valence-corrected chi connectivity index (χ3v) is 3.46. The molecule has 2 rings (SSSR count). The second kappa shape index (κ2) is 5.53. The normalized spacial score (nSPS) is 15.8. The fourth-order valence-corrected chi connectivity index (χ4v) is 2.85. The maximum Gasteiger partial charge on any atom is 0.239 e. The SMILES string of the molecule is Cc1cc(C)c(N2C=[N+](CCO)CCC2)c(C)c1. The highest BCUT2D eigenvalue weighted by Crippen LogP contribution is 2.26. The van der Waals surface area contributed by atoms with Crippen LogP contribution in [-0.4, -0.2) is 42.3 Å². The Kier molecular flexibility index (Phi) is 4.02. The molecule has 0 bridgehead atoms. The van der Waals surface area contributed by atoms with Crippen LogP contribution in [0.25, 0.3) is 0 Å². The van der Waals surface area contributed by atoms with Crippen LogP contribution in [0, 0.1) is 20.8 Å². The number of aliphatic hydroxyl groups excluding tert-OH is 1. The van der Waals surface area contributed by atoms with Crippen molar-refractivity contribution in [2.24, 2.45) is 0 Å². The molecule has 0 saturated heterocycles. The van der Waals surface area contributed by atoms with Gasteiger partial charge in [-0.25, -0.2) is 4.90 Å². The third-order valence-electron chi connectivity index (χ3n) is 3.46. The molecule has 1 N–H and O–H groups in total. The lowest BCUT2D eigenvalue weighted by Crippen LogP contribution is -2.38. The number of aliphatic hydroxyl groups is 1. The minimum atomic E-state index is 0.218. The molecule has 1 aromatic carbocycles. The van der Waals surface area contributed by atoms with E-state index < -0.39 is 0 Å². The maximum atomic E-state index is 9.04. The highest BCUT2D eigenvalue weighted by molar-refractivity contribution is 5.80. The Morgan fingerprint density at radius 3 is 2.50 bits per heavy atom. The summed E-state index contributed by atoms with van der Waals surface area (Å²) >= 11 is 0. The Morgan fingerprint density at radius 1 is 1.22 bits per heavy atom. The molecular weight excluding hydrogens is 224 g/mol. The highest BCUT2D eigenvalue weighted by Gasteiger charge is 2.21. The molecule has 0 unspecified atom stereocenters. The van der Waals surface area contributed by atoms with E-state index in [1.165, 1.54) is 22.4 Å². The lowest BCUT2D eigenvalue weighted by Gasteiger charge is -2.23.